The number of benzene rings is 1. The zero-order chi connectivity index (χ0) is 10.8. The Labute approximate surface area is 90.7 Å². The lowest BCUT2D eigenvalue weighted by molar-refractivity contribution is -0.153. The number of rotatable bonds is 2. The van der Waals surface area contributed by atoms with E-state index in [1.807, 2.05) is 6.07 Å². The van der Waals surface area contributed by atoms with Crippen molar-refractivity contribution in [2.45, 2.75) is 6.29 Å². The molecular weight excluding hydrogens is 220 g/mol. The first-order valence-corrected chi connectivity index (χ1v) is 4.58. The van der Waals surface area contributed by atoms with Gasteiger partial charge in [0.15, 0.2) is 0 Å². The normalized spacial score (nSPS) is 20.4. The molecule has 0 bridgehead atoms. The molecule has 0 saturated heterocycles. The molecule has 0 saturated carbocycles. The molecule has 4 nitrogen and oxygen atoms in total. The van der Waals surface area contributed by atoms with Gasteiger partial charge >= 0.3 is 5.97 Å². The summed E-state index contributed by atoms with van der Waals surface area (Å²) in [5, 5.41) is 8.97. The molecule has 0 amide bonds. The second-order valence-electron chi connectivity index (χ2n) is 2.85. The van der Waals surface area contributed by atoms with E-state index in [0.29, 0.717) is 5.75 Å². The van der Waals surface area contributed by atoms with Crippen molar-refractivity contribution in [1.82, 2.24) is 0 Å². The molecule has 1 N–H and O–H groups in total. The van der Waals surface area contributed by atoms with Gasteiger partial charge in [-0.15, -0.1) is 0 Å². The molecule has 2 rings (SSSR count). The van der Waals surface area contributed by atoms with Gasteiger partial charge in [-0.25, -0.2) is 4.79 Å². The first kappa shape index (κ1) is 10.0. The van der Waals surface area contributed by atoms with E-state index >= 15 is 0 Å². The van der Waals surface area contributed by atoms with E-state index in [1.165, 1.54) is 0 Å². The van der Waals surface area contributed by atoms with Crippen molar-refractivity contribution in [3.8, 4) is 5.75 Å². The Hall–Kier alpha value is -1.52. The summed E-state index contributed by atoms with van der Waals surface area (Å²) in [4.78, 5) is 11.1. The molecule has 1 atom stereocenters. The van der Waals surface area contributed by atoms with Crippen molar-refractivity contribution in [3.63, 3.8) is 0 Å². The summed E-state index contributed by atoms with van der Waals surface area (Å²) in [7, 11) is 0. The number of halogens is 1. The Morgan fingerprint density at radius 2 is 2.00 bits per heavy atom. The fourth-order valence-electron chi connectivity index (χ4n) is 1.11. The van der Waals surface area contributed by atoms with Crippen molar-refractivity contribution >= 4 is 17.6 Å². The van der Waals surface area contributed by atoms with Crippen LogP contribution in [0.2, 0.25) is 0 Å². The van der Waals surface area contributed by atoms with E-state index in [1.54, 1.807) is 24.3 Å². The van der Waals surface area contributed by atoms with Gasteiger partial charge in [-0.2, -0.15) is 0 Å². The fourth-order valence-corrected chi connectivity index (χ4v) is 1.27. The number of hydrogen-bond acceptors (Lipinski definition) is 4. The Morgan fingerprint density at radius 1 is 1.33 bits per heavy atom. The molecule has 1 aromatic carbocycles. The van der Waals surface area contributed by atoms with E-state index in [4.69, 9.17) is 21.4 Å². The fraction of sp³-hybridized carbons (Fsp3) is 0.100. The average Bonchev–Trinajstić information content (AvgIpc) is 2.47. The summed E-state index contributed by atoms with van der Waals surface area (Å²) in [6.07, 6.45) is -1.42. The second-order valence-corrected chi connectivity index (χ2v) is 3.26. The van der Waals surface area contributed by atoms with E-state index < -0.39 is 12.3 Å². The van der Waals surface area contributed by atoms with Gasteiger partial charge in [-0.1, -0.05) is 29.8 Å². The minimum atomic E-state index is -1.42. The van der Waals surface area contributed by atoms with Gasteiger partial charge in [0.1, 0.15) is 10.8 Å². The Balaban J connectivity index is 2.23. The molecule has 0 fully saturated rings. The third kappa shape index (κ3) is 1.95. The highest BCUT2D eigenvalue weighted by molar-refractivity contribution is 6.32. The molecule has 1 aromatic rings. The summed E-state index contributed by atoms with van der Waals surface area (Å²) in [6, 6.07) is 8.63. The monoisotopic (exact) mass is 226 g/mol. The van der Waals surface area contributed by atoms with Crippen LogP contribution in [0.3, 0.4) is 0 Å². The molecule has 78 valence electrons. The molecule has 1 aliphatic rings. The maximum Gasteiger partial charge on any atom is 0.378 e. The number of para-hydroxylation sites is 1. The largest absolute Gasteiger partial charge is 0.448 e. The average molecular weight is 227 g/mol. The van der Waals surface area contributed by atoms with Crippen molar-refractivity contribution in [2.75, 3.05) is 0 Å². The summed E-state index contributed by atoms with van der Waals surface area (Å²) >= 11 is 5.63. The van der Waals surface area contributed by atoms with E-state index in [2.05, 4.69) is 4.74 Å². The minimum Gasteiger partial charge on any atom is -0.448 e. The van der Waals surface area contributed by atoms with E-state index in [-0.39, 0.29) is 10.8 Å². The number of hydrogen-bond donors (Lipinski definition) is 1. The van der Waals surface area contributed by atoms with Gasteiger partial charge in [0.2, 0.25) is 12.0 Å². The predicted molar refractivity (Wildman–Crippen MR) is 52.0 cm³/mol. The molecule has 5 heteroatoms. The van der Waals surface area contributed by atoms with E-state index in [9.17, 15) is 4.79 Å². The van der Waals surface area contributed by atoms with Crippen LogP contribution in [-0.4, -0.2) is 17.4 Å². The molecule has 15 heavy (non-hydrogen) atoms. The number of aliphatic hydroxyl groups excluding tert-OH is 1. The van der Waals surface area contributed by atoms with Crippen molar-refractivity contribution < 1.29 is 19.4 Å². The first-order valence-electron chi connectivity index (χ1n) is 4.20. The summed E-state index contributed by atoms with van der Waals surface area (Å²) in [5.74, 6) is -0.483. The van der Waals surface area contributed by atoms with Crippen LogP contribution in [0, 0.1) is 0 Å². The van der Waals surface area contributed by atoms with E-state index in [0.717, 1.165) is 0 Å². The second kappa shape index (κ2) is 3.92. The van der Waals surface area contributed by atoms with Crippen LogP contribution in [0.25, 0.3) is 0 Å². The van der Waals surface area contributed by atoms with Gasteiger partial charge < -0.3 is 14.6 Å². The SMILES string of the molecule is O=C1OC(O)C(Cl)=C1Oc1ccccc1. The van der Waals surface area contributed by atoms with Gasteiger partial charge in [-0.3, -0.25) is 0 Å². The number of aliphatic hydroxyl groups is 1. The summed E-state index contributed by atoms with van der Waals surface area (Å²) in [6.45, 7) is 0. The van der Waals surface area contributed by atoms with Gasteiger partial charge in [0.25, 0.3) is 0 Å². The first-order chi connectivity index (χ1) is 7.18. The Morgan fingerprint density at radius 3 is 2.53 bits per heavy atom. The number of carbonyl (C=O) groups excluding carboxylic acids is 1. The molecule has 1 aliphatic heterocycles. The van der Waals surface area contributed by atoms with Gasteiger partial charge in [0.05, 0.1) is 0 Å². The van der Waals surface area contributed by atoms with Crippen LogP contribution in [0.5, 0.6) is 5.75 Å². The van der Waals surface area contributed by atoms with Gasteiger partial charge in [-0.05, 0) is 12.1 Å². The highest BCUT2D eigenvalue weighted by Gasteiger charge is 2.33. The van der Waals surface area contributed by atoms with Crippen molar-refractivity contribution in [3.05, 3.63) is 41.1 Å². The topological polar surface area (TPSA) is 55.8 Å². The number of ether oxygens (including phenoxy) is 2. The highest BCUT2D eigenvalue weighted by Crippen LogP contribution is 2.26. The van der Waals surface area contributed by atoms with Crippen LogP contribution in [0.4, 0.5) is 0 Å². The lowest BCUT2D eigenvalue weighted by Crippen LogP contribution is -2.08. The van der Waals surface area contributed by atoms with Crippen LogP contribution in [0.1, 0.15) is 0 Å². The van der Waals surface area contributed by atoms with Gasteiger partial charge in [0, 0.05) is 0 Å². The van der Waals surface area contributed by atoms with Crippen molar-refractivity contribution in [2.24, 2.45) is 0 Å². The number of esters is 1. The third-order valence-corrected chi connectivity index (χ3v) is 2.16. The Bertz CT molecular complexity index is 413. The summed E-state index contributed by atoms with van der Waals surface area (Å²) < 4.78 is 9.63. The molecule has 0 aliphatic carbocycles. The maximum absolute atomic E-state index is 11.1. The minimum absolute atomic E-state index is 0.135. The molecule has 0 spiro atoms. The van der Waals surface area contributed by atoms with Crippen LogP contribution < -0.4 is 4.74 Å². The molecule has 1 unspecified atom stereocenters. The highest BCUT2D eigenvalue weighted by atomic mass is 35.5. The predicted octanol–water partition coefficient (Wildman–Crippen LogP) is 1.39. The van der Waals surface area contributed by atoms with Crippen LogP contribution in [0.15, 0.2) is 41.1 Å². The Kier molecular flexibility index (Phi) is 2.62. The quantitative estimate of drug-likeness (QED) is 0.775. The maximum atomic E-state index is 11.1. The summed E-state index contributed by atoms with van der Waals surface area (Å²) in [5.41, 5.74) is 0. The zero-order valence-corrected chi connectivity index (χ0v) is 8.27. The number of cyclic esters (lactones) is 1. The molecule has 0 radical (unpaired) electrons. The lowest BCUT2D eigenvalue weighted by Gasteiger charge is -2.02. The van der Waals surface area contributed by atoms with Crippen LogP contribution >= 0.6 is 11.6 Å². The standard InChI is InChI=1S/C10H7ClO4/c11-7-8(10(13)15-9(7)12)14-6-4-2-1-3-5-6/h1-5,9,12H. The zero-order valence-electron chi connectivity index (χ0n) is 7.51. The lowest BCUT2D eigenvalue weighted by atomic mass is 10.3. The third-order valence-electron chi connectivity index (χ3n) is 1.80. The molecular formula is C10H7ClO4. The van der Waals surface area contributed by atoms with Crippen molar-refractivity contribution in [1.29, 1.82) is 0 Å². The van der Waals surface area contributed by atoms with Crippen LogP contribution in [-0.2, 0) is 9.53 Å². The molecule has 1 heterocycles. The number of carbonyl (C=O) groups is 1. The smallest absolute Gasteiger partial charge is 0.378 e. The molecule has 0 aromatic heterocycles.